The van der Waals surface area contributed by atoms with Crippen LogP contribution in [0.1, 0.15) is 20.7 Å². The quantitative estimate of drug-likeness (QED) is 0.0957. The van der Waals surface area contributed by atoms with Crippen molar-refractivity contribution in [3.05, 3.63) is 29.0 Å². The number of benzene rings is 1. The highest BCUT2D eigenvalue weighted by atomic mass is 79.9. The van der Waals surface area contributed by atoms with Crippen molar-refractivity contribution in [2.45, 2.75) is 0 Å². The Morgan fingerprint density at radius 3 is 1.25 bits per heavy atom. The standard InChI is InChI=1S/C8Br4O3.CH4N2O.H3O4P/c9-3-1-2(8(14)15-7(1)13)4(10)6(12)5(3)11;2-1(3)4;1-5(2,3)4/h;(H4,2,3,4);(H3,1,2,3,4). The molecule has 0 unspecified atom stereocenters. The summed E-state index contributed by atoms with van der Waals surface area (Å²) in [7, 11) is -4.64. The van der Waals surface area contributed by atoms with E-state index >= 15 is 0 Å². The second-order valence-electron chi connectivity index (χ2n) is 3.60. The molecule has 2 amide bonds. The lowest BCUT2D eigenvalue weighted by atomic mass is 10.1. The van der Waals surface area contributed by atoms with E-state index in [2.05, 4.69) is 79.9 Å². The molecule has 0 atom stereocenters. The van der Waals surface area contributed by atoms with Gasteiger partial charge < -0.3 is 30.9 Å². The molecule has 0 fully saturated rings. The highest BCUT2D eigenvalue weighted by Crippen LogP contribution is 2.44. The Labute approximate surface area is 167 Å². The normalized spacial score (nSPS) is 12.3. The molecule has 7 N–H and O–H groups in total. The number of carbonyl (C=O) groups excluding carboxylic acids is 3. The van der Waals surface area contributed by atoms with Crippen molar-refractivity contribution >= 4 is 89.5 Å². The first-order valence-electron chi connectivity index (χ1n) is 5.14. The molecule has 24 heavy (non-hydrogen) atoms. The number of esters is 2. The van der Waals surface area contributed by atoms with Gasteiger partial charge in [0.15, 0.2) is 0 Å². The summed E-state index contributed by atoms with van der Waals surface area (Å²) < 4.78 is 15.7. The Balaban J connectivity index is 0.000000492. The molecule has 0 saturated heterocycles. The van der Waals surface area contributed by atoms with Crippen molar-refractivity contribution in [3.63, 3.8) is 0 Å². The van der Waals surface area contributed by atoms with Gasteiger partial charge in [0.25, 0.3) is 0 Å². The molecule has 10 nitrogen and oxygen atoms in total. The highest BCUT2D eigenvalue weighted by molar-refractivity contribution is 9.15. The SMILES string of the molecule is NC(N)=O.O=C1OC(=O)c2c(Br)c(Br)c(Br)c(Br)c21.O=P(O)(O)O. The first kappa shape index (κ1) is 23.7. The molecule has 1 aliphatic rings. The fraction of sp³-hybridized carbons (Fsp3) is 0. The maximum atomic E-state index is 11.4. The predicted molar refractivity (Wildman–Crippen MR) is 95.0 cm³/mol. The van der Waals surface area contributed by atoms with Crippen LogP contribution in [0.4, 0.5) is 4.79 Å². The second kappa shape index (κ2) is 9.38. The molecule has 1 aliphatic heterocycles. The summed E-state index contributed by atoms with van der Waals surface area (Å²) in [6.07, 6.45) is 0. The third-order valence-electron chi connectivity index (χ3n) is 1.86. The number of hydrogen-bond acceptors (Lipinski definition) is 5. The minimum atomic E-state index is -4.64. The van der Waals surface area contributed by atoms with Gasteiger partial charge in [-0.15, -0.1) is 0 Å². The number of amides is 2. The topological polar surface area (TPSA) is 190 Å². The van der Waals surface area contributed by atoms with Crippen molar-refractivity contribution in [1.29, 1.82) is 0 Å². The summed E-state index contributed by atoms with van der Waals surface area (Å²) in [5, 5.41) is 0. The Bertz CT molecular complexity index is 693. The Morgan fingerprint density at radius 2 is 1.04 bits per heavy atom. The van der Waals surface area contributed by atoms with E-state index in [-0.39, 0.29) is 11.1 Å². The van der Waals surface area contributed by atoms with Gasteiger partial charge in [0.05, 0.1) is 11.1 Å². The van der Waals surface area contributed by atoms with E-state index < -0.39 is 25.8 Å². The van der Waals surface area contributed by atoms with Crippen LogP contribution in [-0.4, -0.2) is 32.6 Å². The highest BCUT2D eigenvalue weighted by Gasteiger charge is 2.36. The molecule has 0 bridgehead atoms. The molecular weight excluding hydrogens is 615 g/mol. The van der Waals surface area contributed by atoms with Gasteiger partial charge in [0.1, 0.15) is 0 Å². The summed E-state index contributed by atoms with van der Waals surface area (Å²) >= 11 is 13.0. The number of nitrogens with two attached hydrogens (primary N) is 2. The van der Waals surface area contributed by atoms with Crippen molar-refractivity contribution in [3.8, 4) is 0 Å². The van der Waals surface area contributed by atoms with Crippen molar-refractivity contribution in [2.75, 3.05) is 0 Å². The molecule has 2 rings (SSSR count). The van der Waals surface area contributed by atoms with Crippen molar-refractivity contribution in [1.82, 2.24) is 0 Å². The first-order chi connectivity index (χ1) is 10.7. The van der Waals surface area contributed by atoms with Gasteiger partial charge in [-0.1, -0.05) is 0 Å². The average Bonchev–Trinajstić information content (AvgIpc) is 2.66. The summed E-state index contributed by atoms with van der Waals surface area (Å²) in [5.41, 5.74) is 8.98. The number of primary amides is 2. The van der Waals surface area contributed by atoms with Crippen LogP contribution in [0.2, 0.25) is 0 Å². The van der Waals surface area contributed by atoms with E-state index in [1.807, 2.05) is 0 Å². The molecule has 0 saturated carbocycles. The summed E-state index contributed by atoms with van der Waals surface area (Å²) in [6, 6.07) is -0.833. The molecule has 0 spiro atoms. The number of carbonyl (C=O) groups is 3. The third kappa shape index (κ3) is 7.27. The van der Waals surface area contributed by atoms with E-state index in [9.17, 15) is 9.59 Å². The molecule has 134 valence electrons. The van der Waals surface area contributed by atoms with Crippen LogP contribution in [-0.2, 0) is 9.30 Å². The summed E-state index contributed by atoms with van der Waals surface area (Å²) in [5.74, 6) is -1.29. The maximum absolute atomic E-state index is 11.4. The van der Waals surface area contributed by atoms with E-state index in [1.165, 1.54) is 0 Å². The molecule has 1 aromatic carbocycles. The number of urea groups is 1. The Hall–Kier alpha value is -0.340. The lowest BCUT2D eigenvalue weighted by molar-refractivity contribution is 0.0443. The number of halogens is 4. The third-order valence-corrected chi connectivity index (χ3v) is 6.63. The Morgan fingerprint density at radius 1 is 0.833 bits per heavy atom. The van der Waals surface area contributed by atoms with Crippen LogP contribution >= 0.6 is 71.5 Å². The van der Waals surface area contributed by atoms with Gasteiger partial charge in [-0.25, -0.2) is 18.9 Å². The van der Waals surface area contributed by atoms with Crippen LogP contribution in [0.25, 0.3) is 0 Å². The van der Waals surface area contributed by atoms with Crippen molar-refractivity contribution < 1.29 is 38.4 Å². The van der Waals surface area contributed by atoms with Gasteiger partial charge in [-0.2, -0.15) is 0 Å². The van der Waals surface area contributed by atoms with Gasteiger partial charge >= 0.3 is 25.8 Å². The van der Waals surface area contributed by atoms with E-state index in [0.29, 0.717) is 17.9 Å². The van der Waals surface area contributed by atoms with Gasteiger partial charge in [0, 0.05) is 17.9 Å². The Kier molecular flexibility index (Phi) is 9.25. The van der Waals surface area contributed by atoms with Crippen LogP contribution < -0.4 is 11.5 Å². The number of ether oxygens (including phenoxy) is 1. The van der Waals surface area contributed by atoms with Gasteiger partial charge in [0.2, 0.25) is 0 Å². The fourth-order valence-electron chi connectivity index (χ4n) is 1.20. The molecule has 15 heteroatoms. The molecule has 1 heterocycles. The molecule has 0 aromatic heterocycles. The zero-order chi connectivity index (χ0) is 19.4. The lowest BCUT2D eigenvalue weighted by Gasteiger charge is -2.06. The number of rotatable bonds is 0. The van der Waals surface area contributed by atoms with Crippen LogP contribution in [0.3, 0.4) is 0 Å². The summed E-state index contributed by atoms with van der Waals surface area (Å²) in [4.78, 5) is 53.3. The molecule has 1 aromatic rings. The van der Waals surface area contributed by atoms with E-state index in [0.717, 1.165) is 0 Å². The monoisotopic (exact) mass is 618 g/mol. The number of phosphoric acid groups is 1. The molecule has 0 aliphatic carbocycles. The van der Waals surface area contributed by atoms with E-state index in [1.54, 1.807) is 0 Å². The molecular formula is C9H7Br4N2O8P. The lowest BCUT2D eigenvalue weighted by Crippen LogP contribution is -2.18. The molecule has 0 radical (unpaired) electrons. The number of fused-ring (bicyclic) bond motifs is 1. The maximum Gasteiger partial charge on any atom is 0.466 e. The van der Waals surface area contributed by atoms with Crippen LogP contribution in [0.15, 0.2) is 17.9 Å². The van der Waals surface area contributed by atoms with Crippen LogP contribution in [0, 0.1) is 0 Å². The average molecular weight is 622 g/mol. The van der Waals surface area contributed by atoms with Gasteiger partial charge in [-0.3, -0.25) is 0 Å². The van der Waals surface area contributed by atoms with Crippen molar-refractivity contribution in [2.24, 2.45) is 11.5 Å². The first-order valence-corrected chi connectivity index (χ1v) is 9.87. The number of cyclic esters (lactones) is 2. The zero-order valence-corrected chi connectivity index (χ0v) is 18.2. The largest absolute Gasteiger partial charge is 0.466 e. The zero-order valence-electron chi connectivity index (χ0n) is 11.0. The second-order valence-corrected chi connectivity index (χ2v) is 7.80. The smallest absolute Gasteiger partial charge is 0.386 e. The minimum absolute atomic E-state index is 0.238. The summed E-state index contributed by atoms with van der Waals surface area (Å²) in [6.45, 7) is 0. The van der Waals surface area contributed by atoms with Gasteiger partial charge in [-0.05, 0) is 63.7 Å². The van der Waals surface area contributed by atoms with Crippen LogP contribution in [0.5, 0.6) is 0 Å². The fourth-order valence-corrected chi connectivity index (χ4v) is 3.64. The predicted octanol–water partition coefficient (Wildman–Crippen LogP) is 2.14. The minimum Gasteiger partial charge on any atom is -0.386 e. The number of hydrogen-bond donors (Lipinski definition) is 5. The van der Waals surface area contributed by atoms with E-state index in [4.69, 9.17) is 24.0 Å².